The van der Waals surface area contributed by atoms with Gasteiger partial charge in [0.2, 0.25) is 0 Å². The monoisotopic (exact) mass is 576 g/mol. The van der Waals surface area contributed by atoms with E-state index in [1.165, 1.54) is 33.4 Å². The Balaban J connectivity index is 2.29. The van der Waals surface area contributed by atoms with E-state index in [4.69, 9.17) is 0 Å². The summed E-state index contributed by atoms with van der Waals surface area (Å²) in [7, 11) is -3.59. The summed E-state index contributed by atoms with van der Waals surface area (Å²) in [6.07, 6.45) is 12.0. The first-order valence-corrected chi connectivity index (χ1v) is 20.6. The van der Waals surface area contributed by atoms with Crippen molar-refractivity contribution in [3.63, 3.8) is 0 Å². The summed E-state index contributed by atoms with van der Waals surface area (Å²) in [6.45, 7) is 34.1. The van der Waals surface area contributed by atoms with Gasteiger partial charge in [-0.15, -0.1) is 0 Å². The zero-order chi connectivity index (χ0) is 30.2. The van der Waals surface area contributed by atoms with Gasteiger partial charge in [0.25, 0.3) is 0 Å². The number of hydrogen-bond acceptors (Lipinski definition) is 0. The fraction of sp³-hybridized carbons (Fsp3) is 0.611. The number of rotatable bonds is 12. The molecular formula is C36H60N2Si2. The Labute approximate surface area is 249 Å². The number of hydrogen-bond donors (Lipinski definition) is 0. The van der Waals surface area contributed by atoms with E-state index in [9.17, 15) is 0 Å². The lowest BCUT2D eigenvalue weighted by atomic mass is 9.90. The van der Waals surface area contributed by atoms with Crippen molar-refractivity contribution in [3.8, 4) is 22.3 Å². The molecule has 0 bridgehead atoms. The van der Waals surface area contributed by atoms with E-state index in [2.05, 4.69) is 154 Å². The SMILES string of the molecule is CCc1cc(-c2ccn([Si](C(C)C)(C(C)C)C(C)C)c2)c(-c2ccn([Si](C(C)C)(C(C)C)C(C)C)c2)cc1CC. The molecule has 1 aromatic carbocycles. The van der Waals surface area contributed by atoms with E-state index in [0.29, 0.717) is 33.2 Å². The molecule has 0 N–H and O–H groups in total. The summed E-state index contributed by atoms with van der Waals surface area (Å²) in [5, 5.41) is 0. The van der Waals surface area contributed by atoms with Gasteiger partial charge >= 0.3 is 0 Å². The molecule has 3 aromatic rings. The molecular weight excluding hydrogens is 517 g/mol. The molecule has 0 aliphatic rings. The van der Waals surface area contributed by atoms with Crippen LogP contribution in [0.3, 0.4) is 0 Å². The fourth-order valence-electron chi connectivity index (χ4n) is 9.21. The summed E-state index contributed by atoms with van der Waals surface area (Å²) in [5.41, 5.74) is 12.6. The zero-order valence-electron chi connectivity index (χ0n) is 28.4. The van der Waals surface area contributed by atoms with Crippen LogP contribution in [0, 0.1) is 0 Å². The van der Waals surface area contributed by atoms with Crippen LogP contribution in [0.5, 0.6) is 0 Å². The summed E-state index contributed by atoms with van der Waals surface area (Å²) in [5.74, 6) is 0. The first kappa shape index (κ1) is 32.7. The van der Waals surface area contributed by atoms with Gasteiger partial charge in [-0.05, 0) is 104 Å². The van der Waals surface area contributed by atoms with Gasteiger partial charge in [0.05, 0.1) is 0 Å². The highest BCUT2D eigenvalue weighted by molar-refractivity contribution is 6.82. The molecule has 0 fully saturated rings. The van der Waals surface area contributed by atoms with E-state index in [1.807, 2.05) is 0 Å². The van der Waals surface area contributed by atoms with Crippen LogP contribution in [-0.4, -0.2) is 24.9 Å². The number of nitrogens with zero attached hydrogens (tertiary/aromatic N) is 2. The maximum Gasteiger partial charge on any atom is 0.168 e. The van der Waals surface area contributed by atoms with Crippen molar-refractivity contribution in [2.45, 2.75) is 143 Å². The van der Waals surface area contributed by atoms with Crippen LogP contribution < -0.4 is 0 Å². The predicted molar refractivity (Wildman–Crippen MR) is 185 cm³/mol. The van der Waals surface area contributed by atoms with Crippen LogP contribution in [0.1, 0.15) is 108 Å². The Morgan fingerprint density at radius 1 is 0.500 bits per heavy atom. The quantitative estimate of drug-likeness (QED) is 0.190. The van der Waals surface area contributed by atoms with Gasteiger partial charge in [0.1, 0.15) is 0 Å². The molecule has 0 saturated heterocycles. The van der Waals surface area contributed by atoms with Crippen LogP contribution >= 0.6 is 0 Å². The highest BCUT2D eigenvalue weighted by atomic mass is 28.3. The van der Waals surface area contributed by atoms with Crippen molar-refractivity contribution < 1.29 is 0 Å². The highest BCUT2D eigenvalue weighted by Gasteiger charge is 2.46. The predicted octanol–water partition coefficient (Wildman–Crippen LogP) is 11.8. The van der Waals surface area contributed by atoms with Crippen LogP contribution in [0.2, 0.25) is 33.2 Å². The Bertz CT molecular complexity index is 1110. The van der Waals surface area contributed by atoms with E-state index in [0.717, 1.165) is 12.8 Å². The molecule has 0 aliphatic carbocycles. The van der Waals surface area contributed by atoms with Crippen LogP contribution in [0.15, 0.2) is 49.1 Å². The molecule has 3 rings (SSSR count). The van der Waals surface area contributed by atoms with E-state index >= 15 is 0 Å². The fourth-order valence-corrected chi connectivity index (χ4v) is 22.2. The number of aromatic nitrogens is 2. The summed E-state index contributed by atoms with van der Waals surface area (Å²) < 4.78 is 5.40. The van der Waals surface area contributed by atoms with Gasteiger partial charge in [0, 0.05) is 12.4 Å². The minimum absolute atomic E-state index is 0.677. The summed E-state index contributed by atoms with van der Waals surface area (Å²) in [4.78, 5) is 0. The lowest BCUT2D eigenvalue weighted by Crippen LogP contribution is -2.51. The Morgan fingerprint density at radius 2 is 0.775 bits per heavy atom. The highest BCUT2D eigenvalue weighted by Crippen LogP contribution is 2.46. The first-order chi connectivity index (χ1) is 18.7. The summed E-state index contributed by atoms with van der Waals surface area (Å²) >= 11 is 0. The van der Waals surface area contributed by atoms with Crippen LogP contribution in [0.25, 0.3) is 22.3 Å². The minimum Gasteiger partial charge on any atom is -0.379 e. The topological polar surface area (TPSA) is 9.86 Å². The second-order valence-corrected chi connectivity index (χ2v) is 25.7. The van der Waals surface area contributed by atoms with Gasteiger partial charge in [-0.2, -0.15) is 0 Å². The summed E-state index contributed by atoms with van der Waals surface area (Å²) in [6, 6.07) is 9.86. The van der Waals surface area contributed by atoms with Gasteiger partial charge in [0.15, 0.2) is 16.5 Å². The Morgan fingerprint density at radius 3 is 1.00 bits per heavy atom. The van der Waals surface area contributed by atoms with Gasteiger partial charge < -0.3 is 8.47 Å². The van der Waals surface area contributed by atoms with Crippen LogP contribution in [-0.2, 0) is 12.8 Å². The van der Waals surface area contributed by atoms with E-state index in [1.54, 1.807) is 0 Å². The van der Waals surface area contributed by atoms with Crippen molar-refractivity contribution >= 4 is 16.5 Å². The Hall–Kier alpha value is -1.79. The molecule has 4 heteroatoms. The largest absolute Gasteiger partial charge is 0.379 e. The molecule has 2 aromatic heterocycles. The molecule has 2 heterocycles. The van der Waals surface area contributed by atoms with Crippen molar-refractivity contribution in [2.24, 2.45) is 0 Å². The number of aryl methyl sites for hydroxylation is 2. The van der Waals surface area contributed by atoms with Crippen molar-refractivity contribution in [1.29, 1.82) is 0 Å². The average Bonchev–Trinajstić information content (AvgIpc) is 3.53. The molecule has 0 spiro atoms. The molecule has 0 saturated carbocycles. The maximum atomic E-state index is 2.70. The average molecular weight is 577 g/mol. The molecule has 0 radical (unpaired) electrons. The van der Waals surface area contributed by atoms with Crippen molar-refractivity contribution in [3.05, 3.63) is 60.2 Å². The lowest BCUT2D eigenvalue weighted by Gasteiger charge is -2.44. The molecule has 0 amide bonds. The lowest BCUT2D eigenvalue weighted by molar-refractivity contribution is 0.765. The van der Waals surface area contributed by atoms with E-state index in [-0.39, 0.29) is 0 Å². The third kappa shape index (κ3) is 5.28. The molecule has 40 heavy (non-hydrogen) atoms. The first-order valence-electron chi connectivity index (χ1n) is 16.2. The van der Waals surface area contributed by atoms with Crippen LogP contribution in [0.4, 0.5) is 0 Å². The van der Waals surface area contributed by atoms with Crippen molar-refractivity contribution in [1.82, 2.24) is 8.47 Å². The maximum absolute atomic E-state index is 2.70. The third-order valence-corrected chi connectivity index (χ3v) is 24.0. The second-order valence-electron chi connectivity index (χ2n) is 14.2. The molecule has 2 nitrogen and oxygen atoms in total. The van der Waals surface area contributed by atoms with E-state index < -0.39 is 16.5 Å². The number of benzene rings is 1. The van der Waals surface area contributed by atoms with Gasteiger partial charge in [-0.25, -0.2) is 0 Å². The minimum atomic E-state index is -1.79. The molecule has 0 atom stereocenters. The van der Waals surface area contributed by atoms with Gasteiger partial charge in [-0.3, -0.25) is 0 Å². The second kappa shape index (κ2) is 12.6. The standard InChI is InChI=1S/C36H60N2Si2/c1-15-31-21-35(33-17-19-37(23-33)39(25(3)4,26(5)6)27(7)8)36(22-32(31)16-2)34-18-20-38(24-34)40(28(9)10,29(11)12)30(13)14/h17-30H,15-16H2,1-14H3. The molecule has 0 aliphatic heterocycles. The Kier molecular flexibility index (Phi) is 10.3. The molecule has 222 valence electrons. The molecule has 0 unspecified atom stereocenters. The van der Waals surface area contributed by atoms with Gasteiger partial charge in [-0.1, -0.05) is 109 Å². The smallest absolute Gasteiger partial charge is 0.168 e. The third-order valence-electron chi connectivity index (χ3n) is 10.6. The zero-order valence-corrected chi connectivity index (χ0v) is 30.4. The van der Waals surface area contributed by atoms with Crippen molar-refractivity contribution in [2.75, 3.05) is 0 Å². The normalized spacial score (nSPS) is 13.3.